The maximum atomic E-state index is 5.39. The van der Waals surface area contributed by atoms with E-state index in [1.165, 1.54) is 0 Å². The summed E-state index contributed by atoms with van der Waals surface area (Å²) in [4.78, 5) is 0. The molecule has 0 saturated heterocycles. The van der Waals surface area contributed by atoms with Crippen molar-refractivity contribution in [2.75, 3.05) is 12.3 Å². The van der Waals surface area contributed by atoms with Crippen molar-refractivity contribution < 1.29 is 4.42 Å². The molecule has 0 radical (unpaired) electrons. The minimum absolute atomic E-state index is 0.330. The lowest BCUT2D eigenvalue weighted by molar-refractivity contribution is 0.465. The third-order valence-electron chi connectivity index (χ3n) is 2.24. The second kappa shape index (κ2) is 6.36. The van der Waals surface area contributed by atoms with Crippen molar-refractivity contribution in [3.05, 3.63) is 24.2 Å². The molecule has 3 heteroatoms. The highest BCUT2D eigenvalue weighted by molar-refractivity contribution is 8.00. The average molecular weight is 241 g/mol. The molecule has 0 fully saturated rings. The standard InChI is InChI=1S/C13H23NOS/c1-5-14-11(10-16-13(2,3)4)9-12-7-6-8-15-12/h6-8,11,14H,5,9-10H2,1-4H3. The molecular formula is C13H23NOS. The molecule has 0 bridgehead atoms. The van der Waals surface area contributed by atoms with Gasteiger partial charge in [-0.1, -0.05) is 27.7 Å². The van der Waals surface area contributed by atoms with Crippen molar-refractivity contribution in [3.8, 4) is 0 Å². The minimum Gasteiger partial charge on any atom is -0.469 e. The van der Waals surface area contributed by atoms with Gasteiger partial charge in [-0.15, -0.1) is 0 Å². The lowest BCUT2D eigenvalue weighted by atomic mass is 10.2. The predicted octanol–water partition coefficient (Wildman–Crippen LogP) is 3.33. The number of nitrogens with one attached hydrogen (secondary N) is 1. The van der Waals surface area contributed by atoms with Crippen LogP contribution in [0.4, 0.5) is 0 Å². The first-order valence-electron chi connectivity index (χ1n) is 5.91. The summed E-state index contributed by atoms with van der Waals surface area (Å²) in [5, 5.41) is 3.51. The molecule has 1 heterocycles. The third-order valence-corrected chi connectivity index (χ3v) is 3.67. The Morgan fingerprint density at radius 1 is 1.44 bits per heavy atom. The summed E-state index contributed by atoms with van der Waals surface area (Å²) in [7, 11) is 0. The zero-order chi connectivity index (χ0) is 12.0. The van der Waals surface area contributed by atoms with Gasteiger partial charge in [0.15, 0.2) is 0 Å². The fourth-order valence-electron chi connectivity index (χ4n) is 1.50. The molecule has 1 aromatic heterocycles. The van der Waals surface area contributed by atoms with E-state index in [2.05, 4.69) is 33.0 Å². The van der Waals surface area contributed by atoms with Crippen LogP contribution in [0.15, 0.2) is 22.8 Å². The van der Waals surface area contributed by atoms with Gasteiger partial charge in [-0.05, 0) is 18.7 Å². The molecule has 1 N–H and O–H groups in total. The zero-order valence-corrected chi connectivity index (χ0v) is 11.6. The van der Waals surface area contributed by atoms with E-state index in [1.807, 2.05) is 23.9 Å². The minimum atomic E-state index is 0.330. The van der Waals surface area contributed by atoms with Gasteiger partial charge in [-0.3, -0.25) is 0 Å². The smallest absolute Gasteiger partial charge is 0.105 e. The molecule has 0 aliphatic carbocycles. The summed E-state index contributed by atoms with van der Waals surface area (Å²) in [5.41, 5.74) is 0. The van der Waals surface area contributed by atoms with E-state index in [4.69, 9.17) is 4.42 Å². The highest BCUT2D eigenvalue weighted by atomic mass is 32.2. The molecule has 0 aliphatic rings. The van der Waals surface area contributed by atoms with Crippen LogP contribution in [0.1, 0.15) is 33.5 Å². The molecule has 0 spiro atoms. The molecule has 1 rings (SSSR count). The Hall–Kier alpha value is -0.410. The summed E-state index contributed by atoms with van der Waals surface area (Å²) in [6.45, 7) is 9.93. The van der Waals surface area contributed by atoms with Gasteiger partial charge < -0.3 is 9.73 Å². The maximum Gasteiger partial charge on any atom is 0.105 e. The summed E-state index contributed by atoms with van der Waals surface area (Å²) < 4.78 is 5.72. The Morgan fingerprint density at radius 2 is 2.19 bits per heavy atom. The van der Waals surface area contributed by atoms with Crippen molar-refractivity contribution in [2.24, 2.45) is 0 Å². The normalized spacial score (nSPS) is 14.0. The van der Waals surface area contributed by atoms with Gasteiger partial charge in [0.25, 0.3) is 0 Å². The first kappa shape index (κ1) is 13.7. The monoisotopic (exact) mass is 241 g/mol. The van der Waals surface area contributed by atoms with E-state index < -0.39 is 0 Å². The zero-order valence-electron chi connectivity index (χ0n) is 10.7. The molecular weight excluding hydrogens is 218 g/mol. The van der Waals surface area contributed by atoms with E-state index in [1.54, 1.807) is 6.26 Å². The van der Waals surface area contributed by atoms with Crippen LogP contribution >= 0.6 is 11.8 Å². The van der Waals surface area contributed by atoms with E-state index in [-0.39, 0.29) is 0 Å². The van der Waals surface area contributed by atoms with Gasteiger partial charge >= 0.3 is 0 Å². The number of hydrogen-bond donors (Lipinski definition) is 1. The molecule has 0 aromatic carbocycles. The summed E-state index contributed by atoms with van der Waals surface area (Å²) >= 11 is 2.00. The van der Waals surface area contributed by atoms with Crippen LogP contribution in [0.5, 0.6) is 0 Å². The summed E-state index contributed by atoms with van der Waals surface area (Å²) in [6, 6.07) is 4.50. The van der Waals surface area contributed by atoms with E-state index in [0.29, 0.717) is 10.8 Å². The fraction of sp³-hybridized carbons (Fsp3) is 0.692. The van der Waals surface area contributed by atoms with Crippen LogP contribution in [-0.4, -0.2) is 23.1 Å². The molecule has 0 saturated carbocycles. The van der Waals surface area contributed by atoms with Crippen molar-refractivity contribution in [2.45, 2.75) is 44.9 Å². The van der Waals surface area contributed by atoms with Crippen LogP contribution in [-0.2, 0) is 6.42 Å². The highest BCUT2D eigenvalue weighted by Gasteiger charge is 2.16. The first-order chi connectivity index (χ1) is 7.51. The van der Waals surface area contributed by atoms with Crippen molar-refractivity contribution >= 4 is 11.8 Å². The lowest BCUT2D eigenvalue weighted by Gasteiger charge is -2.23. The van der Waals surface area contributed by atoms with Crippen LogP contribution in [0.3, 0.4) is 0 Å². The lowest BCUT2D eigenvalue weighted by Crippen LogP contribution is -2.34. The molecule has 0 aliphatic heterocycles. The molecule has 1 atom stereocenters. The molecule has 1 aromatic rings. The Labute approximate surface area is 103 Å². The quantitative estimate of drug-likeness (QED) is 0.827. The van der Waals surface area contributed by atoms with Crippen molar-refractivity contribution in [3.63, 3.8) is 0 Å². The van der Waals surface area contributed by atoms with Crippen molar-refractivity contribution in [1.82, 2.24) is 5.32 Å². The van der Waals surface area contributed by atoms with Gasteiger partial charge in [0, 0.05) is 23.0 Å². The number of furan rings is 1. The van der Waals surface area contributed by atoms with Gasteiger partial charge in [0.2, 0.25) is 0 Å². The highest BCUT2D eigenvalue weighted by Crippen LogP contribution is 2.24. The Kier molecular flexibility index (Phi) is 5.42. The Morgan fingerprint density at radius 3 is 2.69 bits per heavy atom. The topological polar surface area (TPSA) is 25.2 Å². The average Bonchev–Trinajstić information content (AvgIpc) is 2.66. The SMILES string of the molecule is CCNC(CSC(C)(C)C)Cc1ccco1. The molecule has 0 amide bonds. The third kappa shape index (κ3) is 5.61. The number of rotatable bonds is 6. The Balaban J connectivity index is 2.41. The maximum absolute atomic E-state index is 5.39. The molecule has 92 valence electrons. The van der Waals surface area contributed by atoms with Gasteiger partial charge in [-0.25, -0.2) is 0 Å². The van der Waals surface area contributed by atoms with Gasteiger partial charge in [0.1, 0.15) is 5.76 Å². The van der Waals surface area contributed by atoms with E-state index in [9.17, 15) is 0 Å². The largest absolute Gasteiger partial charge is 0.469 e. The van der Waals surface area contributed by atoms with Crippen molar-refractivity contribution in [1.29, 1.82) is 0 Å². The van der Waals surface area contributed by atoms with Gasteiger partial charge in [0.05, 0.1) is 6.26 Å². The van der Waals surface area contributed by atoms with Crippen LogP contribution in [0, 0.1) is 0 Å². The first-order valence-corrected chi connectivity index (χ1v) is 6.89. The van der Waals surface area contributed by atoms with Crippen LogP contribution < -0.4 is 5.32 Å². The van der Waals surface area contributed by atoms with E-state index >= 15 is 0 Å². The Bertz CT molecular complexity index is 277. The van der Waals surface area contributed by atoms with Gasteiger partial charge in [-0.2, -0.15) is 11.8 Å². The van der Waals surface area contributed by atoms with Crippen LogP contribution in [0.25, 0.3) is 0 Å². The summed E-state index contributed by atoms with van der Waals surface area (Å²) in [6.07, 6.45) is 2.72. The molecule has 1 unspecified atom stereocenters. The van der Waals surface area contributed by atoms with Crippen LogP contribution in [0.2, 0.25) is 0 Å². The predicted molar refractivity (Wildman–Crippen MR) is 72.1 cm³/mol. The number of thioether (sulfide) groups is 1. The summed E-state index contributed by atoms with van der Waals surface area (Å²) in [5.74, 6) is 2.19. The molecule has 16 heavy (non-hydrogen) atoms. The number of likely N-dealkylation sites (N-methyl/N-ethyl adjacent to an activating group) is 1. The van der Waals surface area contributed by atoms with E-state index in [0.717, 1.165) is 24.5 Å². The second-order valence-corrected chi connectivity index (χ2v) is 6.81. The second-order valence-electron chi connectivity index (χ2n) is 4.96. The fourth-order valence-corrected chi connectivity index (χ4v) is 2.44. The molecule has 2 nitrogen and oxygen atoms in total. The number of hydrogen-bond acceptors (Lipinski definition) is 3.